The predicted molar refractivity (Wildman–Crippen MR) is 131 cm³/mol. The second kappa shape index (κ2) is 6.79. The van der Waals surface area contributed by atoms with Crippen LogP contribution in [-0.4, -0.2) is 37.8 Å². The zero-order chi connectivity index (χ0) is 24.9. The predicted octanol–water partition coefficient (Wildman–Crippen LogP) is 3.30. The van der Waals surface area contributed by atoms with E-state index >= 15 is 0 Å². The van der Waals surface area contributed by atoms with Crippen LogP contribution in [0.2, 0.25) is 0 Å². The van der Waals surface area contributed by atoms with Crippen LogP contribution in [0.3, 0.4) is 0 Å². The first-order valence-corrected chi connectivity index (χ1v) is 11.2. The minimum atomic E-state index is -0.662. The number of hydrogen-bond donors (Lipinski definition) is 0. The van der Waals surface area contributed by atoms with Crippen molar-refractivity contribution in [3.8, 4) is 11.5 Å². The van der Waals surface area contributed by atoms with Crippen LogP contribution in [0.1, 0.15) is 22.3 Å². The molecule has 3 aromatic rings. The number of benzene rings is 3. The second-order valence-electron chi connectivity index (χ2n) is 8.89. The number of amides is 2. The maximum absolute atomic E-state index is 13.1. The van der Waals surface area contributed by atoms with E-state index in [0.717, 1.165) is 0 Å². The number of likely N-dealkylation sites (N-methyl/N-ethyl adjacent to an activating group) is 2. The fraction of sp³-hybridized carbons (Fsp3) is 0.0714. The number of para-hydroxylation sites is 2. The summed E-state index contributed by atoms with van der Waals surface area (Å²) < 4.78 is 11.1. The lowest BCUT2D eigenvalue weighted by Gasteiger charge is -2.08. The molecule has 3 aromatic carbocycles. The van der Waals surface area contributed by atoms with Crippen molar-refractivity contribution in [1.82, 2.24) is 0 Å². The first-order chi connectivity index (χ1) is 17.4. The average Bonchev–Trinajstić information content (AvgIpc) is 3.52. The molecule has 4 heterocycles. The zero-order valence-corrected chi connectivity index (χ0v) is 19.1. The van der Waals surface area contributed by atoms with E-state index in [1.54, 1.807) is 50.5 Å². The largest absolute Gasteiger partial charge is 0.422 e. The van der Waals surface area contributed by atoms with Gasteiger partial charge >= 0.3 is 11.9 Å². The molecule has 4 aliphatic rings. The molecule has 0 spiro atoms. The third-order valence-corrected chi connectivity index (χ3v) is 7.04. The molecule has 4 aliphatic heterocycles. The maximum atomic E-state index is 13.1. The summed E-state index contributed by atoms with van der Waals surface area (Å²) in [4.78, 5) is 55.3. The zero-order valence-electron chi connectivity index (χ0n) is 19.1. The van der Waals surface area contributed by atoms with Gasteiger partial charge in [-0.3, -0.25) is 9.59 Å². The fourth-order valence-electron chi connectivity index (χ4n) is 5.34. The Labute approximate surface area is 204 Å². The molecule has 174 valence electrons. The molecule has 0 radical (unpaired) electrons. The Hall–Kier alpha value is -4.98. The highest BCUT2D eigenvalue weighted by molar-refractivity contribution is 6.48. The molecule has 0 saturated heterocycles. The molecule has 0 atom stereocenters. The van der Waals surface area contributed by atoms with Crippen LogP contribution < -0.4 is 19.3 Å². The normalized spacial score (nSPS) is 21.5. The Morgan fingerprint density at radius 1 is 0.528 bits per heavy atom. The SMILES string of the molecule is CN1C(=O)/C(=C2\C(=O)Oc3cc4c(cc32)OC(=O)/C4=C2/C(=O)N(C)c3ccccc32)c2ccccc21. The van der Waals surface area contributed by atoms with E-state index in [0.29, 0.717) is 33.6 Å². The topological polar surface area (TPSA) is 93.2 Å². The Kier molecular flexibility index (Phi) is 3.85. The first kappa shape index (κ1) is 20.4. The number of esters is 2. The van der Waals surface area contributed by atoms with Gasteiger partial charge in [0.2, 0.25) is 0 Å². The van der Waals surface area contributed by atoms with Gasteiger partial charge in [-0.25, -0.2) is 9.59 Å². The van der Waals surface area contributed by atoms with Gasteiger partial charge in [-0.1, -0.05) is 36.4 Å². The summed E-state index contributed by atoms with van der Waals surface area (Å²) in [5, 5.41) is 0. The Morgan fingerprint density at radius 2 is 0.917 bits per heavy atom. The van der Waals surface area contributed by atoms with Crippen molar-refractivity contribution in [2.75, 3.05) is 23.9 Å². The van der Waals surface area contributed by atoms with Crippen LogP contribution in [0.15, 0.2) is 60.7 Å². The monoisotopic (exact) mass is 476 g/mol. The first-order valence-electron chi connectivity index (χ1n) is 11.2. The molecule has 36 heavy (non-hydrogen) atoms. The van der Waals surface area contributed by atoms with Gasteiger partial charge in [-0.15, -0.1) is 0 Å². The molecule has 0 unspecified atom stereocenters. The molecule has 8 heteroatoms. The van der Waals surface area contributed by atoms with Crippen molar-refractivity contribution in [3.63, 3.8) is 0 Å². The molecule has 2 amide bonds. The van der Waals surface area contributed by atoms with E-state index in [2.05, 4.69) is 0 Å². The summed E-state index contributed by atoms with van der Waals surface area (Å²) in [7, 11) is 3.29. The number of anilines is 2. The Morgan fingerprint density at radius 3 is 1.33 bits per heavy atom. The molecule has 0 aliphatic carbocycles. The smallest absolute Gasteiger partial charge is 0.345 e. The second-order valence-corrected chi connectivity index (χ2v) is 8.89. The summed E-state index contributed by atoms with van der Waals surface area (Å²) in [6.07, 6.45) is 0. The Balaban J connectivity index is 1.45. The van der Waals surface area contributed by atoms with Gasteiger partial charge in [-0.2, -0.15) is 0 Å². The minimum Gasteiger partial charge on any atom is -0.422 e. The van der Waals surface area contributed by atoms with Gasteiger partial charge in [0.25, 0.3) is 11.8 Å². The third kappa shape index (κ3) is 2.42. The molecule has 0 bridgehead atoms. The highest BCUT2D eigenvalue weighted by Gasteiger charge is 2.43. The highest BCUT2D eigenvalue weighted by Crippen LogP contribution is 2.51. The minimum absolute atomic E-state index is 0.119. The number of hydrogen-bond acceptors (Lipinski definition) is 6. The lowest BCUT2D eigenvalue weighted by Crippen LogP contribution is -2.21. The number of ether oxygens (including phenoxy) is 2. The molecular weight excluding hydrogens is 460 g/mol. The van der Waals surface area contributed by atoms with Crippen LogP contribution in [0.4, 0.5) is 11.4 Å². The van der Waals surface area contributed by atoms with E-state index in [9.17, 15) is 19.2 Å². The van der Waals surface area contributed by atoms with Crippen LogP contribution in [0, 0.1) is 0 Å². The summed E-state index contributed by atoms with van der Waals surface area (Å²) in [5.41, 5.74) is 4.07. The van der Waals surface area contributed by atoms with Crippen molar-refractivity contribution in [2.24, 2.45) is 0 Å². The number of nitrogens with zero attached hydrogens (tertiary/aromatic N) is 2. The standard InChI is InChI=1S/C28H16N2O6/c1-29-17-9-5-3-7-13(17)21(25(29)31)23-15-11-20-16(12-19(15)35-27(23)33)24(28(34)36-20)22-14-8-4-6-10-18(14)30(2)26(22)32/h3-12H,1-2H3/b23-21-,24-22+. The van der Waals surface area contributed by atoms with Crippen LogP contribution in [-0.2, 0) is 19.2 Å². The van der Waals surface area contributed by atoms with Crippen LogP contribution in [0.25, 0.3) is 22.3 Å². The van der Waals surface area contributed by atoms with Crippen LogP contribution >= 0.6 is 0 Å². The molecule has 0 saturated carbocycles. The summed E-state index contributed by atoms with van der Waals surface area (Å²) >= 11 is 0. The summed E-state index contributed by atoms with van der Waals surface area (Å²) in [6, 6.07) is 17.5. The fourth-order valence-corrected chi connectivity index (χ4v) is 5.34. The molecule has 8 nitrogen and oxygen atoms in total. The van der Waals surface area contributed by atoms with Gasteiger partial charge in [-0.05, 0) is 24.3 Å². The lowest BCUT2D eigenvalue weighted by atomic mass is 9.92. The molecule has 0 fully saturated rings. The van der Waals surface area contributed by atoms with E-state index in [1.165, 1.54) is 21.9 Å². The molecule has 7 rings (SSSR count). The number of carbonyl (C=O) groups excluding carboxylic acids is 4. The van der Waals surface area contributed by atoms with Crippen molar-refractivity contribution in [1.29, 1.82) is 0 Å². The van der Waals surface area contributed by atoms with Crippen molar-refractivity contribution in [2.45, 2.75) is 0 Å². The lowest BCUT2D eigenvalue weighted by molar-refractivity contribution is -0.127. The van der Waals surface area contributed by atoms with Crippen molar-refractivity contribution >= 4 is 57.4 Å². The van der Waals surface area contributed by atoms with Gasteiger partial charge < -0.3 is 19.3 Å². The van der Waals surface area contributed by atoms with E-state index < -0.39 is 11.9 Å². The third-order valence-electron chi connectivity index (χ3n) is 7.04. The average molecular weight is 476 g/mol. The summed E-state index contributed by atoms with van der Waals surface area (Å²) in [6.45, 7) is 0. The number of rotatable bonds is 0. The van der Waals surface area contributed by atoms with Gasteiger partial charge in [0.15, 0.2) is 0 Å². The number of carbonyl (C=O) groups is 4. The van der Waals surface area contributed by atoms with E-state index in [4.69, 9.17) is 9.47 Å². The van der Waals surface area contributed by atoms with Crippen molar-refractivity contribution < 1.29 is 28.7 Å². The molecular formula is C28H16N2O6. The van der Waals surface area contributed by atoms with E-state index in [1.807, 2.05) is 12.1 Å². The van der Waals surface area contributed by atoms with Gasteiger partial charge in [0, 0.05) is 36.3 Å². The van der Waals surface area contributed by atoms with Crippen LogP contribution in [0.5, 0.6) is 11.5 Å². The van der Waals surface area contributed by atoms with Gasteiger partial charge in [0.1, 0.15) is 11.5 Å². The Bertz CT molecular complexity index is 1570. The quantitative estimate of drug-likeness (QED) is 0.281. The molecule has 0 aromatic heterocycles. The number of fused-ring (bicyclic) bond motifs is 4. The maximum Gasteiger partial charge on any atom is 0.345 e. The highest BCUT2D eigenvalue weighted by atomic mass is 16.5. The van der Waals surface area contributed by atoms with Crippen molar-refractivity contribution in [3.05, 3.63) is 82.9 Å². The van der Waals surface area contributed by atoms with E-state index in [-0.39, 0.29) is 45.6 Å². The summed E-state index contributed by atoms with van der Waals surface area (Å²) in [5.74, 6) is -1.58. The molecule has 0 N–H and O–H groups in total. The van der Waals surface area contributed by atoms with Gasteiger partial charge in [0.05, 0.1) is 33.7 Å².